The van der Waals surface area contributed by atoms with E-state index in [0.717, 1.165) is 16.6 Å². The Labute approximate surface area is 99.2 Å². The van der Waals surface area contributed by atoms with Gasteiger partial charge in [-0.25, -0.2) is 4.39 Å². The van der Waals surface area contributed by atoms with Crippen LogP contribution in [0.1, 0.15) is 27.2 Å². The van der Waals surface area contributed by atoms with Crippen LogP contribution in [0.4, 0.5) is 10.1 Å². The van der Waals surface area contributed by atoms with Gasteiger partial charge < -0.3 is 5.32 Å². The highest BCUT2D eigenvalue weighted by Gasteiger charge is 2.12. The summed E-state index contributed by atoms with van der Waals surface area (Å²) in [5.74, 6) is 0.344. The first-order valence-corrected chi connectivity index (χ1v) is 6.05. The molecule has 1 aromatic rings. The first-order valence-electron chi connectivity index (χ1n) is 5.26. The van der Waals surface area contributed by atoms with Gasteiger partial charge in [0.25, 0.3) is 0 Å². The Bertz CT molecular complexity index is 325. The van der Waals surface area contributed by atoms with Crippen LogP contribution in [0.3, 0.4) is 0 Å². The van der Waals surface area contributed by atoms with E-state index in [1.807, 2.05) is 0 Å². The van der Waals surface area contributed by atoms with Crippen molar-refractivity contribution in [3.05, 3.63) is 28.5 Å². The number of anilines is 1. The fourth-order valence-electron chi connectivity index (χ4n) is 1.55. The lowest BCUT2D eigenvalue weighted by Gasteiger charge is -2.22. The quantitative estimate of drug-likeness (QED) is 0.856. The molecule has 1 nitrogen and oxygen atoms in total. The molecule has 1 unspecified atom stereocenters. The summed E-state index contributed by atoms with van der Waals surface area (Å²) in [7, 11) is 0. The van der Waals surface area contributed by atoms with Gasteiger partial charge in [-0.2, -0.15) is 0 Å². The molecule has 0 saturated heterocycles. The van der Waals surface area contributed by atoms with Gasteiger partial charge in [0.15, 0.2) is 0 Å². The van der Waals surface area contributed by atoms with E-state index in [-0.39, 0.29) is 5.82 Å². The van der Waals surface area contributed by atoms with Crippen molar-refractivity contribution in [3.8, 4) is 0 Å². The Morgan fingerprint density at radius 2 is 2.07 bits per heavy atom. The highest BCUT2D eigenvalue weighted by molar-refractivity contribution is 9.10. The van der Waals surface area contributed by atoms with Crippen molar-refractivity contribution in [3.63, 3.8) is 0 Å². The van der Waals surface area contributed by atoms with Crippen molar-refractivity contribution < 1.29 is 4.39 Å². The van der Waals surface area contributed by atoms with Crippen molar-refractivity contribution in [1.29, 1.82) is 0 Å². The predicted octanol–water partition coefficient (Wildman–Crippen LogP) is 4.43. The first kappa shape index (κ1) is 12.5. The number of rotatable bonds is 4. The van der Waals surface area contributed by atoms with Crippen LogP contribution < -0.4 is 5.32 Å². The fraction of sp³-hybridized carbons (Fsp3) is 0.500. The van der Waals surface area contributed by atoms with Crippen LogP contribution in [0.5, 0.6) is 0 Å². The molecule has 0 aliphatic rings. The maximum atomic E-state index is 12.9. The molecule has 1 atom stereocenters. The second-order valence-electron chi connectivity index (χ2n) is 4.03. The summed E-state index contributed by atoms with van der Waals surface area (Å²) in [4.78, 5) is 0. The van der Waals surface area contributed by atoms with Gasteiger partial charge in [0.2, 0.25) is 0 Å². The number of hydrogen-bond donors (Lipinski definition) is 1. The molecule has 0 radical (unpaired) electrons. The maximum Gasteiger partial charge on any atom is 0.124 e. The Hall–Kier alpha value is -0.570. The van der Waals surface area contributed by atoms with Crippen molar-refractivity contribution in [2.24, 2.45) is 5.92 Å². The smallest absolute Gasteiger partial charge is 0.124 e. The zero-order valence-electron chi connectivity index (χ0n) is 9.35. The van der Waals surface area contributed by atoms with Gasteiger partial charge in [0.1, 0.15) is 5.82 Å². The lowest BCUT2D eigenvalue weighted by molar-refractivity contribution is 0.511. The molecule has 0 amide bonds. The summed E-state index contributed by atoms with van der Waals surface area (Å²) in [5.41, 5.74) is 0.956. The molecular formula is C12H17BrFN. The molecule has 0 fully saturated rings. The normalized spacial score (nSPS) is 12.9. The molecule has 0 aliphatic heterocycles. The van der Waals surface area contributed by atoms with E-state index in [0.29, 0.717) is 12.0 Å². The van der Waals surface area contributed by atoms with Crippen LogP contribution in [0.25, 0.3) is 0 Å². The minimum absolute atomic E-state index is 0.218. The molecule has 0 saturated carbocycles. The number of hydrogen-bond acceptors (Lipinski definition) is 1. The summed E-state index contributed by atoms with van der Waals surface area (Å²) in [5, 5.41) is 3.41. The third-order valence-electron chi connectivity index (χ3n) is 2.52. The maximum absolute atomic E-state index is 12.9. The third kappa shape index (κ3) is 3.49. The van der Waals surface area contributed by atoms with Crippen LogP contribution in [0.2, 0.25) is 0 Å². The Balaban J connectivity index is 2.79. The lowest BCUT2D eigenvalue weighted by atomic mass is 10.0. The van der Waals surface area contributed by atoms with E-state index >= 15 is 0 Å². The van der Waals surface area contributed by atoms with Crippen molar-refractivity contribution in [1.82, 2.24) is 0 Å². The summed E-state index contributed by atoms with van der Waals surface area (Å²) >= 11 is 3.35. The van der Waals surface area contributed by atoms with E-state index in [9.17, 15) is 4.39 Å². The lowest BCUT2D eigenvalue weighted by Crippen LogP contribution is -2.24. The van der Waals surface area contributed by atoms with Gasteiger partial charge in [0.05, 0.1) is 0 Å². The van der Waals surface area contributed by atoms with Crippen LogP contribution >= 0.6 is 15.9 Å². The number of halogens is 2. The second kappa shape index (κ2) is 5.50. The van der Waals surface area contributed by atoms with E-state index in [1.165, 1.54) is 12.1 Å². The average Bonchev–Trinajstić information content (AvgIpc) is 2.16. The summed E-state index contributed by atoms with van der Waals surface area (Å²) in [6, 6.07) is 5.15. The summed E-state index contributed by atoms with van der Waals surface area (Å²) in [6.45, 7) is 6.51. The van der Waals surface area contributed by atoms with Crippen LogP contribution in [-0.2, 0) is 0 Å². The van der Waals surface area contributed by atoms with Gasteiger partial charge in [-0.1, -0.05) is 20.8 Å². The predicted molar refractivity (Wildman–Crippen MR) is 66.6 cm³/mol. The summed E-state index contributed by atoms with van der Waals surface area (Å²) < 4.78 is 13.6. The molecule has 0 spiro atoms. The largest absolute Gasteiger partial charge is 0.381 e. The van der Waals surface area contributed by atoms with Crippen LogP contribution in [-0.4, -0.2) is 6.04 Å². The van der Waals surface area contributed by atoms with Crippen LogP contribution in [0, 0.1) is 11.7 Å². The Morgan fingerprint density at radius 1 is 1.40 bits per heavy atom. The van der Waals surface area contributed by atoms with E-state index in [4.69, 9.17) is 0 Å². The van der Waals surface area contributed by atoms with Gasteiger partial charge >= 0.3 is 0 Å². The standard InChI is InChI=1S/C12H17BrFN/c1-4-11(8(2)3)15-12-6-5-9(14)7-10(12)13/h5-8,11,15H,4H2,1-3H3. The Morgan fingerprint density at radius 3 is 2.53 bits per heavy atom. The van der Waals surface area contributed by atoms with Gasteiger partial charge in [0, 0.05) is 16.2 Å². The minimum atomic E-state index is -0.218. The fourth-order valence-corrected chi connectivity index (χ4v) is 2.01. The Kier molecular flexibility index (Phi) is 4.58. The van der Waals surface area contributed by atoms with Gasteiger partial charge in [-0.15, -0.1) is 0 Å². The molecule has 1 aromatic carbocycles. The molecule has 15 heavy (non-hydrogen) atoms. The average molecular weight is 274 g/mol. The molecule has 0 heterocycles. The topological polar surface area (TPSA) is 12.0 Å². The molecule has 0 bridgehead atoms. The second-order valence-corrected chi connectivity index (χ2v) is 4.88. The third-order valence-corrected chi connectivity index (χ3v) is 3.17. The molecule has 0 aliphatic carbocycles. The SMILES string of the molecule is CCC(Nc1ccc(F)cc1Br)C(C)C. The number of benzene rings is 1. The molecule has 1 N–H and O–H groups in total. The minimum Gasteiger partial charge on any atom is -0.381 e. The van der Waals surface area contributed by atoms with E-state index in [2.05, 4.69) is 42.0 Å². The van der Waals surface area contributed by atoms with E-state index < -0.39 is 0 Å². The molecule has 1 rings (SSSR count). The van der Waals surface area contributed by atoms with Crippen LogP contribution in [0.15, 0.2) is 22.7 Å². The van der Waals surface area contributed by atoms with Crippen molar-refractivity contribution in [2.45, 2.75) is 33.2 Å². The van der Waals surface area contributed by atoms with Gasteiger partial charge in [-0.05, 0) is 46.5 Å². The number of nitrogens with one attached hydrogen (secondary N) is 1. The molecule has 84 valence electrons. The highest BCUT2D eigenvalue weighted by Crippen LogP contribution is 2.25. The molecular weight excluding hydrogens is 257 g/mol. The monoisotopic (exact) mass is 273 g/mol. The van der Waals surface area contributed by atoms with Crippen molar-refractivity contribution >= 4 is 21.6 Å². The van der Waals surface area contributed by atoms with Crippen molar-refractivity contribution in [2.75, 3.05) is 5.32 Å². The van der Waals surface area contributed by atoms with E-state index in [1.54, 1.807) is 6.07 Å². The van der Waals surface area contributed by atoms with Gasteiger partial charge in [-0.3, -0.25) is 0 Å². The highest BCUT2D eigenvalue weighted by atomic mass is 79.9. The first-order chi connectivity index (χ1) is 7.04. The molecule has 3 heteroatoms. The molecule has 0 aromatic heterocycles. The summed E-state index contributed by atoms with van der Waals surface area (Å²) in [6.07, 6.45) is 1.06. The zero-order chi connectivity index (χ0) is 11.4. The zero-order valence-corrected chi connectivity index (χ0v) is 10.9.